The minimum Gasteiger partial charge on any atom is -0.449 e. The van der Waals surface area contributed by atoms with Gasteiger partial charge in [0, 0.05) is 23.9 Å². The maximum Gasteiger partial charge on any atom is 0.416 e. The molecule has 0 saturated carbocycles. The van der Waals surface area contributed by atoms with Crippen molar-refractivity contribution in [2.75, 3.05) is 5.32 Å². The van der Waals surface area contributed by atoms with Gasteiger partial charge < -0.3 is 10.1 Å². The number of nitro groups is 1. The Morgan fingerprint density at radius 1 is 1.10 bits per heavy atom. The van der Waals surface area contributed by atoms with Crippen molar-refractivity contribution in [1.82, 2.24) is 0 Å². The number of esters is 1. The van der Waals surface area contributed by atoms with Gasteiger partial charge in [-0.15, -0.1) is 0 Å². The van der Waals surface area contributed by atoms with Gasteiger partial charge in [0.15, 0.2) is 6.10 Å². The van der Waals surface area contributed by atoms with Crippen LogP contribution in [0.25, 0.3) is 6.08 Å². The molecule has 152 valence electrons. The molecule has 0 heterocycles. The summed E-state index contributed by atoms with van der Waals surface area (Å²) >= 11 is 0. The smallest absolute Gasteiger partial charge is 0.416 e. The molecule has 29 heavy (non-hydrogen) atoms. The van der Waals surface area contributed by atoms with E-state index in [1.807, 2.05) is 0 Å². The maximum atomic E-state index is 12.5. The van der Waals surface area contributed by atoms with Crippen molar-refractivity contribution < 1.29 is 32.4 Å². The number of nitrogens with zero attached hydrogens (tertiary/aromatic N) is 1. The summed E-state index contributed by atoms with van der Waals surface area (Å²) in [4.78, 5) is 33.8. The van der Waals surface area contributed by atoms with E-state index < -0.39 is 34.6 Å². The number of alkyl halides is 3. The first-order valence-corrected chi connectivity index (χ1v) is 8.17. The molecule has 1 amide bonds. The maximum absolute atomic E-state index is 12.5. The fraction of sp³-hybridized carbons (Fsp3) is 0.158. The fourth-order valence-corrected chi connectivity index (χ4v) is 2.12. The number of amides is 1. The Hall–Kier alpha value is -3.69. The first kappa shape index (κ1) is 21.6. The Morgan fingerprint density at radius 3 is 2.21 bits per heavy atom. The van der Waals surface area contributed by atoms with Gasteiger partial charge >= 0.3 is 12.1 Å². The SMILES string of the molecule is C[C@@H](OC(=O)/C=C/c1ccc([N+](=O)[O-])cc1)C(=O)Nc1ccc(C(F)(F)F)cc1. The van der Waals surface area contributed by atoms with Gasteiger partial charge in [-0.3, -0.25) is 14.9 Å². The number of carbonyl (C=O) groups excluding carboxylic acids is 2. The van der Waals surface area contributed by atoms with E-state index >= 15 is 0 Å². The molecule has 0 unspecified atom stereocenters. The standard InChI is InChI=1S/C19H15F3N2O5/c1-12(18(26)23-15-7-5-14(6-8-15)19(20,21)22)29-17(25)11-4-13-2-9-16(10-3-13)24(27)28/h2-12H,1H3,(H,23,26)/b11-4+/t12-/m1/s1. The highest BCUT2D eigenvalue weighted by molar-refractivity contribution is 5.96. The van der Waals surface area contributed by atoms with Gasteiger partial charge in [0.1, 0.15) is 0 Å². The molecule has 1 atom stereocenters. The number of ether oxygens (including phenoxy) is 1. The van der Waals surface area contributed by atoms with Crippen LogP contribution in [0.5, 0.6) is 0 Å². The zero-order valence-electron chi connectivity index (χ0n) is 15.0. The number of nitrogens with one attached hydrogen (secondary N) is 1. The van der Waals surface area contributed by atoms with Gasteiger partial charge in [0.25, 0.3) is 11.6 Å². The molecule has 0 saturated heterocycles. The first-order valence-electron chi connectivity index (χ1n) is 8.17. The highest BCUT2D eigenvalue weighted by Gasteiger charge is 2.30. The molecule has 0 fully saturated rings. The number of hydrogen-bond donors (Lipinski definition) is 1. The number of halogens is 3. The predicted molar refractivity (Wildman–Crippen MR) is 97.8 cm³/mol. The molecular formula is C19H15F3N2O5. The third kappa shape index (κ3) is 6.45. The molecule has 1 N–H and O–H groups in total. The lowest BCUT2D eigenvalue weighted by atomic mass is 10.2. The zero-order valence-corrected chi connectivity index (χ0v) is 15.0. The number of hydrogen-bond acceptors (Lipinski definition) is 5. The van der Waals surface area contributed by atoms with Gasteiger partial charge in [0.2, 0.25) is 0 Å². The van der Waals surface area contributed by atoms with E-state index in [0.29, 0.717) is 5.56 Å². The second kappa shape index (κ2) is 9.00. The number of rotatable bonds is 6. The van der Waals surface area contributed by atoms with E-state index in [0.717, 1.165) is 30.3 Å². The molecule has 0 aliphatic carbocycles. The molecule has 7 nitrogen and oxygen atoms in total. The summed E-state index contributed by atoms with van der Waals surface area (Å²) in [7, 11) is 0. The number of anilines is 1. The van der Waals surface area contributed by atoms with Crippen molar-refractivity contribution >= 4 is 29.3 Å². The molecule has 2 aromatic carbocycles. The van der Waals surface area contributed by atoms with Crippen molar-refractivity contribution in [3.8, 4) is 0 Å². The molecule has 0 aliphatic rings. The van der Waals surface area contributed by atoms with Crippen molar-refractivity contribution in [3.63, 3.8) is 0 Å². The lowest BCUT2D eigenvalue weighted by Gasteiger charge is -2.13. The van der Waals surface area contributed by atoms with E-state index in [-0.39, 0.29) is 11.4 Å². The summed E-state index contributed by atoms with van der Waals surface area (Å²) < 4.78 is 42.5. The summed E-state index contributed by atoms with van der Waals surface area (Å²) in [6.45, 7) is 1.30. The summed E-state index contributed by atoms with van der Waals surface area (Å²) in [5, 5.41) is 12.9. The van der Waals surface area contributed by atoms with Crippen LogP contribution in [-0.4, -0.2) is 22.9 Å². The fourth-order valence-electron chi connectivity index (χ4n) is 2.12. The number of benzene rings is 2. The van der Waals surface area contributed by atoms with E-state index in [4.69, 9.17) is 4.74 Å². The summed E-state index contributed by atoms with van der Waals surface area (Å²) in [6, 6.07) is 9.22. The van der Waals surface area contributed by atoms with E-state index in [1.165, 1.54) is 37.3 Å². The van der Waals surface area contributed by atoms with Crippen molar-refractivity contribution in [3.05, 3.63) is 75.8 Å². The Balaban J connectivity index is 1.89. The summed E-state index contributed by atoms with van der Waals surface area (Å²) in [5.41, 5.74) is -0.327. The highest BCUT2D eigenvalue weighted by atomic mass is 19.4. The monoisotopic (exact) mass is 408 g/mol. The van der Waals surface area contributed by atoms with E-state index in [9.17, 15) is 32.9 Å². The van der Waals surface area contributed by atoms with Gasteiger partial charge in [0.05, 0.1) is 10.5 Å². The normalized spacial score (nSPS) is 12.4. The van der Waals surface area contributed by atoms with Crippen LogP contribution in [0.3, 0.4) is 0 Å². The number of non-ortho nitro benzene ring substituents is 1. The second-order valence-corrected chi connectivity index (χ2v) is 5.83. The molecule has 0 aromatic heterocycles. The quantitative estimate of drug-likeness (QED) is 0.334. The Kier molecular flexibility index (Phi) is 6.71. The number of carbonyl (C=O) groups is 2. The van der Waals surface area contributed by atoms with E-state index in [1.54, 1.807) is 0 Å². The Morgan fingerprint density at radius 2 is 1.69 bits per heavy atom. The lowest BCUT2D eigenvalue weighted by Crippen LogP contribution is -2.29. The van der Waals surface area contributed by atoms with Gasteiger partial charge in [-0.2, -0.15) is 13.2 Å². The largest absolute Gasteiger partial charge is 0.449 e. The highest BCUT2D eigenvalue weighted by Crippen LogP contribution is 2.29. The van der Waals surface area contributed by atoms with Crippen molar-refractivity contribution in [1.29, 1.82) is 0 Å². The molecule has 0 aliphatic heterocycles. The molecule has 0 spiro atoms. The Bertz CT molecular complexity index is 922. The second-order valence-electron chi connectivity index (χ2n) is 5.83. The third-order valence-corrected chi connectivity index (χ3v) is 3.66. The van der Waals surface area contributed by atoms with Crippen LogP contribution in [0, 0.1) is 10.1 Å². The topological polar surface area (TPSA) is 98.5 Å². The van der Waals surface area contributed by atoms with Crippen molar-refractivity contribution in [2.24, 2.45) is 0 Å². The van der Waals surface area contributed by atoms with Gasteiger partial charge in [-0.1, -0.05) is 0 Å². The zero-order chi connectivity index (χ0) is 21.6. The van der Waals surface area contributed by atoms with Gasteiger partial charge in [-0.05, 0) is 55.0 Å². The van der Waals surface area contributed by atoms with Crippen LogP contribution in [0.1, 0.15) is 18.1 Å². The Labute approximate surface area is 162 Å². The third-order valence-electron chi connectivity index (χ3n) is 3.66. The lowest BCUT2D eigenvalue weighted by molar-refractivity contribution is -0.384. The molecule has 10 heteroatoms. The van der Waals surface area contributed by atoms with Crippen LogP contribution in [0.4, 0.5) is 24.5 Å². The summed E-state index contributed by atoms with van der Waals surface area (Å²) in [6.07, 6.45) is -3.29. The number of nitro benzene ring substituents is 1. The van der Waals surface area contributed by atoms with Crippen LogP contribution < -0.4 is 5.32 Å². The molecule has 0 radical (unpaired) electrons. The molecular weight excluding hydrogens is 393 g/mol. The molecule has 2 rings (SSSR count). The molecule has 0 bridgehead atoms. The van der Waals surface area contributed by atoms with E-state index in [2.05, 4.69) is 5.32 Å². The van der Waals surface area contributed by atoms with Crippen LogP contribution in [0.15, 0.2) is 54.6 Å². The average Bonchev–Trinajstić information content (AvgIpc) is 2.66. The average molecular weight is 408 g/mol. The van der Waals surface area contributed by atoms with Crippen LogP contribution >= 0.6 is 0 Å². The first-order chi connectivity index (χ1) is 13.6. The predicted octanol–water partition coefficient (Wildman–Crippen LogP) is 4.20. The van der Waals surface area contributed by atoms with Crippen molar-refractivity contribution in [2.45, 2.75) is 19.2 Å². The minimum atomic E-state index is -4.48. The van der Waals surface area contributed by atoms with Crippen LogP contribution in [-0.2, 0) is 20.5 Å². The minimum absolute atomic E-state index is 0.0988. The summed E-state index contributed by atoms with van der Waals surface area (Å²) in [5.74, 6) is -1.56. The van der Waals surface area contributed by atoms with Gasteiger partial charge in [-0.25, -0.2) is 4.79 Å². The molecule has 2 aromatic rings. The van der Waals surface area contributed by atoms with Crippen LogP contribution in [0.2, 0.25) is 0 Å².